The minimum atomic E-state index is 0.0609. The van der Waals surface area contributed by atoms with Crippen molar-refractivity contribution in [3.05, 3.63) is 17.0 Å². The van der Waals surface area contributed by atoms with E-state index in [1.54, 1.807) is 0 Å². The average Bonchev–Trinajstić information content (AvgIpc) is 3.00. The van der Waals surface area contributed by atoms with Crippen LogP contribution in [0.1, 0.15) is 41.0 Å². The Kier molecular flexibility index (Phi) is 3.07. The first kappa shape index (κ1) is 11.7. The van der Waals surface area contributed by atoms with Gasteiger partial charge in [0.05, 0.1) is 0 Å². The van der Waals surface area contributed by atoms with Crippen molar-refractivity contribution in [1.29, 1.82) is 0 Å². The SMILES string of the molecule is O=C(c1n[nH]c2c1CCC2)N1CCC(CO)CC1. The number of hydrogen-bond acceptors (Lipinski definition) is 3. The summed E-state index contributed by atoms with van der Waals surface area (Å²) in [6.07, 6.45) is 4.91. The second kappa shape index (κ2) is 4.72. The van der Waals surface area contributed by atoms with Gasteiger partial charge in [0.2, 0.25) is 0 Å². The largest absolute Gasteiger partial charge is 0.396 e. The fourth-order valence-corrected chi connectivity index (χ4v) is 2.96. The molecule has 5 nitrogen and oxygen atoms in total. The number of aromatic nitrogens is 2. The van der Waals surface area contributed by atoms with Crippen LogP contribution in [0.25, 0.3) is 0 Å². The van der Waals surface area contributed by atoms with E-state index in [1.807, 2.05) is 4.90 Å². The molecule has 1 amide bonds. The summed E-state index contributed by atoms with van der Waals surface area (Å²) < 4.78 is 0. The molecule has 2 aliphatic rings. The number of rotatable bonds is 2. The van der Waals surface area contributed by atoms with Gasteiger partial charge in [-0.25, -0.2) is 0 Å². The number of amides is 1. The zero-order valence-corrected chi connectivity index (χ0v) is 10.5. The number of aromatic amines is 1. The number of fused-ring (bicyclic) bond motifs is 1. The van der Waals surface area contributed by atoms with Gasteiger partial charge in [0, 0.05) is 31.0 Å². The lowest BCUT2D eigenvalue weighted by atomic mass is 9.97. The van der Waals surface area contributed by atoms with E-state index in [2.05, 4.69) is 10.2 Å². The maximum atomic E-state index is 12.4. The van der Waals surface area contributed by atoms with Crippen LogP contribution in [0.2, 0.25) is 0 Å². The van der Waals surface area contributed by atoms with E-state index in [-0.39, 0.29) is 12.5 Å². The van der Waals surface area contributed by atoms with Crippen molar-refractivity contribution >= 4 is 5.91 Å². The number of aliphatic hydroxyl groups excluding tert-OH is 1. The standard InChI is InChI=1S/C13H19N3O2/c17-8-9-4-6-16(7-5-9)13(18)12-10-2-1-3-11(10)14-15-12/h9,17H,1-8H2,(H,14,15). The van der Waals surface area contributed by atoms with Gasteiger partial charge >= 0.3 is 0 Å². The summed E-state index contributed by atoms with van der Waals surface area (Å²) in [4.78, 5) is 14.3. The van der Waals surface area contributed by atoms with Crippen molar-refractivity contribution in [2.45, 2.75) is 32.1 Å². The van der Waals surface area contributed by atoms with Crippen LogP contribution in [-0.4, -0.2) is 45.8 Å². The lowest BCUT2D eigenvalue weighted by Gasteiger charge is -2.30. The Balaban J connectivity index is 1.71. The maximum Gasteiger partial charge on any atom is 0.274 e. The zero-order chi connectivity index (χ0) is 12.5. The molecule has 1 aromatic heterocycles. The fraction of sp³-hybridized carbons (Fsp3) is 0.692. The first-order valence-electron chi connectivity index (χ1n) is 6.76. The molecule has 0 unspecified atom stereocenters. The normalized spacial score (nSPS) is 20.2. The third kappa shape index (κ3) is 1.92. The van der Waals surface area contributed by atoms with Crippen molar-refractivity contribution in [2.75, 3.05) is 19.7 Å². The van der Waals surface area contributed by atoms with E-state index in [1.165, 1.54) is 0 Å². The van der Waals surface area contributed by atoms with E-state index >= 15 is 0 Å². The lowest BCUT2D eigenvalue weighted by molar-refractivity contribution is 0.0644. The van der Waals surface area contributed by atoms with Crippen LogP contribution in [0, 0.1) is 5.92 Å². The molecule has 1 aromatic rings. The first-order valence-corrected chi connectivity index (χ1v) is 6.76. The van der Waals surface area contributed by atoms with E-state index in [0.717, 1.165) is 56.5 Å². The first-order chi connectivity index (χ1) is 8.79. The van der Waals surface area contributed by atoms with Crippen molar-refractivity contribution in [3.63, 3.8) is 0 Å². The van der Waals surface area contributed by atoms with Crippen molar-refractivity contribution in [2.24, 2.45) is 5.92 Å². The lowest BCUT2D eigenvalue weighted by Crippen LogP contribution is -2.39. The average molecular weight is 249 g/mol. The quantitative estimate of drug-likeness (QED) is 0.812. The number of likely N-dealkylation sites (tertiary alicyclic amines) is 1. The molecule has 1 saturated heterocycles. The minimum Gasteiger partial charge on any atom is -0.396 e. The third-order valence-corrected chi connectivity index (χ3v) is 4.17. The summed E-state index contributed by atoms with van der Waals surface area (Å²) in [5, 5.41) is 16.3. The predicted molar refractivity (Wildman–Crippen MR) is 66.3 cm³/mol. The Morgan fingerprint density at radius 1 is 1.39 bits per heavy atom. The number of piperidine rings is 1. The van der Waals surface area contributed by atoms with Crippen LogP contribution in [0.3, 0.4) is 0 Å². The molecule has 5 heteroatoms. The summed E-state index contributed by atoms with van der Waals surface area (Å²) in [6.45, 7) is 1.72. The van der Waals surface area contributed by atoms with Gasteiger partial charge in [-0.2, -0.15) is 5.10 Å². The van der Waals surface area contributed by atoms with E-state index in [4.69, 9.17) is 5.11 Å². The van der Waals surface area contributed by atoms with Crippen LogP contribution < -0.4 is 0 Å². The topological polar surface area (TPSA) is 69.2 Å². The van der Waals surface area contributed by atoms with Gasteiger partial charge in [0.25, 0.3) is 5.91 Å². The van der Waals surface area contributed by atoms with Crippen molar-refractivity contribution in [1.82, 2.24) is 15.1 Å². The number of H-pyrrole nitrogens is 1. The molecule has 3 rings (SSSR count). The van der Waals surface area contributed by atoms with Gasteiger partial charge in [0.15, 0.2) is 5.69 Å². The smallest absolute Gasteiger partial charge is 0.274 e. The third-order valence-electron chi connectivity index (χ3n) is 4.17. The molecule has 0 radical (unpaired) electrons. The Morgan fingerprint density at radius 3 is 2.89 bits per heavy atom. The van der Waals surface area contributed by atoms with Gasteiger partial charge in [0.1, 0.15) is 0 Å². The Bertz CT molecular complexity index is 447. The van der Waals surface area contributed by atoms with Gasteiger partial charge in [-0.15, -0.1) is 0 Å². The summed E-state index contributed by atoms with van der Waals surface area (Å²) in [5.74, 6) is 0.421. The van der Waals surface area contributed by atoms with Crippen LogP contribution in [-0.2, 0) is 12.8 Å². The molecule has 98 valence electrons. The monoisotopic (exact) mass is 249 g/mol. The minimum absolute atomic E-state index is 0.0609. The van der Waals surface area contributed by atoms with E-state index in [0.29, 0.717) is 11.6 Å². The van der Waals surface area contributed by atoms with Crippen molar-refractivity contribution in [3.8, 4) is 0 Å². The van der Waals surface area contributed by atoms with Gasteiger partial charge in [-0.3, -0.25) is 9.89 Å². The highest BCUT2D eigenvalue weighted by molar-refractivity contribution is 5.94. The van der Waals surface area contributed by atoms with Crippen LogP contribution in [0.5, 0.6) is 0 Å². The van der Waals surface area contributed by atoms with Crippen molar-refractivity contribution < 1.29 is 9.90 Å². The molecule has 0 atom stereocenters. The Hall–Kier alpha value is -1.36. The fourth-order valence-electron chi connectivity index (χ4n) is 2.96. The molecule has 0 spiro atoms. The number of nitrogens with one attached hydrogen (secondary N) is 1. The van der Waals surface area contributed by atoms with Crippen LogP contribution in [0.15, 0.2) is 0 Å². The van der Waals surface area contributed by atoms with E-state index in [9.17, 15) is 4.79 Å². The molecule has 2 heterocycles. The highest BCUT2D eigenvalue weighted by Crippen LogP contribution is 2.25. The second-order valence-corrected chi connectivity index (χ2v) is 5.30. The molecule has 0 aromatic carbocycles. The number of carbonyl (C=O) groups is 1. The van der Waals surface area contributed by atoms with Crippen LogP contribution in [0.4, 0.5) is 0 Å². The van der Waals surface area contributed by atoms with E-state index < -0.39 is 0 Å². The molecule has 1 aliphatic carbocycles. The molecular weight excluding hydrogens is 230 g/mol. The molecule has 2 N–H and O–H groups in total. The highest BCUT2D eigenvalue weighted by Gasteiger charge is 2.28. The number of aryl methyl sites for hydroxylation is 1. The zero-order valence-electron chi connectivity index (χ0n) is 10.5. The predicted octanol–water partition coefficient (Wildman–Crippen LogP) is 0.743. The second-order valence-electron chi connectivity index (χ2n) is 5.30. The Labute approximate surface area is 106 Å². The number of carbonyl (C=O) groups excluding carboxylic acids is 1. The van der Waals surface area contributed by atoms with Gasteiger partial charge in [-0.1, -0.05) is 0 Å². The molecule has 1 aliphatic heterocycles. The number of nitrogens with zero attached hydrogens (tertiary/aromatic N) is 2. The summed E-state index contributed by atoms with van der Waals surface area (Å²) >= 11 is 0. The Morgan fingerprint density at radius 2 is 2.17 bits per heavy atom. The molecule has 0 saturated carbocycles. The maximum absolute atomic E-state index is 12.4. The highest BCUT2D eigenvalue weighted by atomic mass is 16.3. The summed E-state index contributed by atoms with van der Waals surface area (Å²) in [5.41, 5.74) is 2.90. The van der Waals surface area contributed by atoms with Gasteiger partial charge < -0.3 is 10.0 Å². The number of aliphatic hydroxyl groups is 1. The summed E-state index contributed by atoms with van der Waals surface area (Å²) in [7, 11) is 0. The number of hydrogen-bond donors (Lipinski definition) is 2. The molecule has 18 heavy (non-hydrogen) atoms. The van der Waals surface area contributed by atoms with Gasteiger partial charge in [-0.05, 0) is 38.0 Å². The summed E-state index contributed by atoms with van der Waals surface area (Å²) in [6, 6.07) is 0. The molecule has 1 fully saturated rings. The molecule has 0 bridgehead atoms. The van der Waals surface area contributed by atoms with Crippen LogP contribution >= 0.6 is 0 Å². The molecular formula is C13H19N3O2.